The van der Waals surface area contributed by atoms with Gasteiger partial charge < -0.3 is 61.9 Å². The Hall–Kier alpha value is -8.40. The maximum atomic E-state index is 14.2. The van der Waals surface area contributed by atoms with Gasteiger partial charge in [0.1, 0.15) is 18.3 Å². The zero-order chi connectivity index (χ0) is 59.8. The number of aliphatic hydroxyl groups excluding tert-OH is 1. The van der Waals surface area contributed by atoms with Crippen molar-refractivity contribution in [1.82, 2.24) is 0 Å². The van der Waals surface area contributed by atoms with Gasteiger partial charge in [-0.05, 0) is 72.8 Å². The van der Waals surface area contributed by atoms with Gasteiger partial charge >= 0.3 is 35.8 Å². The molecule has 19 nitrogen and oxygen atoms in total. The van der Waals surface area contributed by atoms with E-state index < -0.39 is 147 Å². The molecule has 9 rings (SSSR count). The lowest BCUT2D eigenvalue weighted by Crippen LogP contribution is -2.61. The van der Waals surface area contributed by atoms with Gasteiger partial charge in [-0.2, -0.15) is 0 Å². The third-order valence-electron chi connectivity index (χ3n) is 14.9. The van der Waals surface area contributed by atoms with Crippen LogP contribution >= 0.6 is 0 Å². The highest BCUT2D eigenvalue weighted by molar-refractivity contribution is 5.92. The van der Waals surface area contributed by atoms with Gasteiger partial charge in [-0.25, -0.2) is 28.8 Å². The van der Waals surface area contributed by atoms with Gasteiger partial charge in [0.05, 0.1) is 78.1 Å². The molecule has 3 saturated heterocycles. The van der Waals surface area contributed by atoms with Gasteiger partial charge in [-0.15, -0.1) is 6.58 Å². The summed E-state index contributed by atoms with van der Waals surface area (Å²) in [5.74, 6) is -7.11. The predicted octanol–water partition coefficient (Wildman–Crippen LogP) is 8.65. The molecular formula is C66H66O19. The number of hydrogen-bond donors (Lipinski definition) is 1. The molecule has 15 atom stereocenters. The fourth-order valence-corrected chi connectivity index (χ4v) is 10.1. The van der Waals surface area contributed by atoms with Crippen LogP contribution in [-0.2, 0) is 56.8 Å². The zero-order valence-electron chi connectivity index (χ0n) is 46.9. The van der Waals surface area contributed by atoms with Crippen molar-refractivity contribution in [3.8, 4) is 0 Å². The predicted molar refractivity (Wildman–Crippen MR) is 302 cm³/mol. The van der Waals surface area contributed by atoms with E-state index in [1.165, 1.54) is 6.08 Å². The molecule has 0 aromatic heterocycles. The standard InChI is InChI=1S/C66H66O19/c1-5-36-74-64-55(83-61(71)46-30-18-9-19-31-46)53(81-59(69)44-26-14-7-15-27-44)41(3)50(78-64)38-76-66-57(85-63(73)48-34-22-11-23-35-48)54(82-60(70)45-28-16-8-17-29-45)42(4)51(79-66)39-75-65-56(84-62(72)47-32-20-10-21-33-47)52(40(2)49(37-67)77-65)80-58(68)43-24-12-6-13-25-43/h5-35,40-42,49-57,64-67H,1,36-39H2,2-4H3/t40-,41-,42-,49-,50-,51-,52+,53+,54+,55-,56-,57-,64?,65-,66-/m1/s1. The summed E-state index contributed by atoms with van der Waals surface area (Å²) in [6.45, 7) is 7.36. The lowest BCUT2D eigenvalue weighted by Gasteiger charge is -2.47. The van der Waals surface area contributed by atoms with Gasteiger partial charge in [-0.3, -0.25) is 0 Å². The number of carbonyl (C=O) groups is 6. The number of aliphatic hydroxyl groups is 1. The second kappa shape index (κ2) is 29.4. The summed E-state index contributed by atoms with van der Waals surface area (Å²) in [4.78, 5) is 83.9. The Bertz CT molecular complexity index is 3150. The lowest BCUT2D eigenvalue weighted by atomic mass is 9.89. The largest absolute Gasteiger partial charge is 0.454 e. The molecule has 444 valence electrons. The van der Waals surface area contributed by atoms with E-state index >= 15 is 0 Å². The molecule has 1 N–H and O–H groups in total. The Balaban J connectivity index is 1.05. The molecule has 3 heterocycles. The van der Waals surface area contributed by atoms with Crippen LogP contribution in [0.25, 0.3) is 0 Å². The fourth-order valence-electron chi connectivity index (χ4n) is 10.1. The van der Waals surface area contributed by atoms with E-state index in [4.69, 9.17) is 56.8 Å². The van der Waals surface area contributed by atoms with Crippen molar-refractivity contribution < 1.29 is 90.7 Å². The Morgan fingerprint density at radius 1 is 0.365 bits per heavy atom. The number of rotatable bonds is 22. The van der Waals surface area contributed by atoms with Crippen LogP contribution in [0.15, 0.2) is 195 Å². The highest BCUT2D eigenvalue weighted by Gasteiger charge is 2.54. The first-order chi connectivity index (χ1) is 41.3. The van der Waals surface area contributed by atoms with E-state index in [-0.39, 0.29) is 40.0 Å². The summed E-state index contributed by atoms with van der Waals surface area (Å²) in [5, 5.41) is 10.7. The van der Waals surface area contributed by atoms with E-state index in [2.05, 4.69) is 6.58 Å². The molecule has 6 aromatic rings. The lowest BCUT2D eigenvalue weighted by molar-refractivity contribution is -0.329. The number of hydrogen-bond acceptors (Lipinski definition) is 19. The number of ether oxygens (including phenoxy) is 12. The molecule has 3 aliphatic heterocycles. The molecular weight excluding hydrogens is 1100 g/mol. The Morgan fingerprint density at radius 2 is 0.588 bits per heavy atom. The second-order valence-electron chi connectivity index (χ2n) is 20.6. The summed E-state index contributed by atoms with van der Waals surface area (Å²) >= 11 is 0. The van der Waals surface area contributed by atoms with Gasteiger partial charge in [-0.1, -0.05) is 136 Å². The van der Waals surface area contributed by atoms with E-state index in [9.17, 15) is 33.9 Å². The third-order valence-corrected chi connectivity index (χ3v) is 14.9. The van der Waals surface area contributed by atoms with Crippen molar-refractivity contribution in [3.63, 3.8) is 0 Å². The quantitative estimate of drug-likeness (QED) is 0.0380. The highest BCUT2D eigenvalue weighted by Crippen LogP contribution is 2.38. The molecule has 85 heavy (non-hydrogen) atoms. The number of carbonyl (C=O) groups excluding carboxylic acids is 6. The summed E-state index contributed by atoms with van der Waals surface area (Å²) in [5.41, 5.74) is 1.14. The minimum Gasteiger partial charge on any atom is -0.454 e. The molecule has 0 bridgehead atoms. The normalized spacial score (nSPS) is 27.2. The van der Waals surface area contributed by atoms with E-state index in [0.717, 1.165) is 0 Å². The van der Waals surface area contributed by atoms with Gasteiger partial charge in [0, 0.05) is 17.8 Å². The minimum absolute atomic E-state index is 0.0895. The number of benzene rings is 6. The summed E-state index contributed by atoms with van der Waals surface area (Å²) in [6.07, 6.45) is -14.4. The van der Waals surface area contributed by atoms with E-state index in [0.29, 0.717) is 0 Å². The van der Waals surface area contributed by atoms with Crippen molar-refractivity contribution in [1.29, 1.82) is 0 Å². The summed E-state index contributed by atoms with van der Waals surface area (Å²) in [7, 11) is 0. The SMILES string of the molecule is C=CCOC1O[C@H](CO[C@@H]2O[C@H](CO[C@@H]3O[C@H](CO)[C@@H](C)[C@H](OC(=O)c4ccccc4)[C@H]3OC(=O)c3ccccc3)[C@@H](C)[C@H](OC(=O)c3ccccc3)[C@H]2OC(=O)c2ccccc2)[C@@H](C)[C@H](OC(=O)c2ccccc2)[C@H]1OC(=O)c1ccccc1. The first-order valence-corrected chi connectivity index (χ1v) is 27.9. The summed E-state index contributed by atoms with van der Waals surface area (Å²) in [6, 6.07) is 49.1. The molecule has 0 amide bonds. The maximum Gasteiger partial charge on any atom is 0.338 e. The average Bonchev–Trinajstić information content (AvgIpc) is 2.83. The minimum atomic E-state index is -1.61. The van der Waals surface area contributed by atoms with Crippen LogP contribution in [0.2, 0.25) is 0 Å². The van der Waals surface area contributed by atoms with Crippen LogP contribution in [0.3, 0.4) is 0 Å². The second-order valence-corrected chi connectivity index (χ2v) is 20.6. The van der Waals surface area contributed by atoms with Crippen LogP contribution in [-0.4, -0.2) is 141 Å². The molecule has 3 fully saturated rings. The molecule has 0 aliphatic carbocycles. The first kappa shape index (κ1) is 61.2. The highest BCUT2D eigenvalue weighted by atomic mass is 16.8. The van der Waals surface area contributed by atoms with Crippen LogP contribution in [0.1, 0.15) is 82.9 Å². The number of esters is 6. The van der Waals surface area contributed by atoms with Gasteiger partial charge in [0.25, 0.3) is 0 Å². The topological polar surface area (TPSA) is 233 Å². The molecule has 0 radical (unpaired) electrons. The first-order valence-electron chi connectivity index (χ1n) is 27.9. The van der Waals surface area contributed by atoms with Crippen LogP contribution in [0.5, 0.6) is 0 Å². The molecule has 1 unspecified atom stereocenters. The van der Waals surface area contributed by atoms with Crippen molar-refractivity contribution in [2.75, 3.05) is 26.4 Å². The van der Waals surface area contributed by atoms with E-state index in [1.54, 1.807) is 203 Å². The van der Waals surface area contributed by atoms with Crippen molar-refractivity contribution >= 4 is 35.8 Å². The van der Waals surface area contributed by atoms with Gasteiger partial charge in [0.15, 0.2) is 37.2 Å². The average molecular weight is 1160 g/mol. The zero-order valence-corrected chi connectivity index (χ0v) is 46.9. The Morgan fingerprint density at radius 3 is 0.835 bits per heavy atom. The molecule has 6 aromatic carbocycles. The molecule has 0 saturated carbocycles. The van der Waals surface area contributed by atoms with Crippen molar-refractivity contribution in [2.24, 2.45) is 17.8 Å². The monoisotopic (exact) mass is 1160 g/mol. The van der Waals surface area contributed by atoms with Crippen LogP contribution < -0.4 is 0 Å². The van der Waals surface area contributed by atoms with Crippen molar-refractivity contribution in [2.45, 2.75) is 94.6 Å². The fraction of sp³-hybridized carbons (Fsp3) is 0.333. The van der Waals surface area contributed by atoms with Crippen molar-refractivity contribution in [3.05, 3.63) is 228 Å². The van der Waals surface area contributed by atoms with Crippen LogP contribution in [0.4, 0.5) is 0 Å². The third kappa shape index (κ3) is 15.3. The Labute approximate surface area is 491 Å². The Kier molecular flexibility index (Phi) is 21.2. The summed E-state index contributed by atoms with van der Waals surface area (Å²) < 4.78 is 76.3. The maximum absolute atomic E-state index is 14.2. The molecule has 0 spiro atoms. The van der Waals surface area contributed by atoms with E-state index in [1.807, 2.05) is 0 Å². The molecule has 19 heteroatoms. The van der Waals surface area contributed by atoms with Gasteiger partial charge in [0.2, 0.25) is 0 Å². The van der Waals surface area contributed by atoms with Crippen LogP contribution in [0, 0.1) is 17.8 Å². The smallest absolute Gasteiger partial charge is 0.338 e. The molecule has 3 aliphatic rings.